The summed E-state index contributed by atoms with van der Waals surface area (Å²) in [6.45, 7) is 20.7. The van der Waals surface area contributed by atoms with E-state index in [1.165, 1.54) is 21.5 Å². The van der Waals surface area contributed by atoms with Gasteiger partial charge in [-0.1, -0.05) is 221 Å². The summed E-state index contributed by atoms with van der Waals surface area (Å²) in [4.78, 5) is 19.4. The van der Waals surface area contributed by atoms with Crippen molar-refractivity contribution in [2.45, 2.75) is 27.7 Å². The number of aromatic nitrogens is 4. The second-order valence-corrected chi connectivity index (χ2v) is 20.8. The maximum Gasteiger partial charge on any atom is 0.0973 e. The van der Waals surface area contributed by atoms with E-state index >= 15 is 0 Å². The summed E-state index contributed by atoms with van der Waals surface area (Å²) in [5.74, 6) is 0. The summed E-state index contributed by atoms with van der Waals surface area (Å²) in [5.41, 5.74) is 17.1. The number of anilines is 4. The van der Waals surface area contributed by atoms with Crippen molar-refractivity contribution in [2.75, 3.05) is 16.3 Å². The van der Waals surface area contributed by atoms with Gasteiger partial charge in [-0.05, 0) is 127 Å². The molecule has 6 heteroatoms. The molecule has 3 aromatic heterocycles. The molecular formula is C81H70N6. The number of rotatable bonds is 12. The molecule has 11 aromatic carbocycles. The number of aromatic amines is 1. The Morgan fingerprint density at radius 2 is 1.01 bits per heavy atom. The Labute approximate surface area is 510 Å². The number of H-pyrrole nitrogens is 1. The minimum Gasteiger partial charge on any atom is -0.355 e. The van der Waals surface area contributed by atoms with Crippen molar-refractivity contribution in [3.8, 4) is 39.3 Å². The van der Waals surface area contributed by atoms with Gasteiger partial charge in [-0.3, -0.25) is 0 Å². The van der Waals surface area contributed by atoms with Crippen molar-refractivity contribution in [3.05, 3.63) is 321 Å². The Bertz CT molecular complexity index is 4780. The van der Waals surface area contributed by atoms with Crippen LogP contribution in [-0.2, 0) is 0 Å². The van der Waals surface area contributed by atoms with Crippen LogP contribution in [0.2, 0.25) is 0 Å². The lowest BCUT2D eigenvalue weighted by molar-refractivity contribution is 1.01. The first kappa shape index (κ1) is 57.7. The lowest BCUT2D eigenvalue weighted by Gasteiger charge is -2.26. The molecule has 0 amide bonds. The van der Waals surface area contributed by atoms with Gasteiger partial charge in [0.15, 0.2) is 0 Å². The van der Waals surface area contributed by atoms with Gasteiger partial charge in [-0.2, -0.15) is 0 Å². The average Bonchev–Trinajstić information content (AvgIpc) is 2.03. The highest BCUT2D eigenvalue weighted by Gasteiger charge is 2.20. The van der Waals surface area contributed by atoms with Crippen molar-refractivity contribution in [1.29, 1.82) is 0 Å². The fraction of sp³-hybridized carbons (Fsp3) is 0.0617. The molecule has 0 aliphatic carbocycles. The summed E-state index contributed by atoms with van der Waals surface area (Å²) < 4.78 is 2.29. The highest BCUT2D eigenvalue weighted by atomic mass is 15.1. The summed E-state index contributed by atoms with van der Waals surface area (Å²) in [6.07, 6.45) is 8.07. The SMILES string of the molecule is C=CC.C=CCN(/C(C)=C/C=c1\c(=C)c2ccccc2n1-c1ccccc1)c1ccc(-c2nc3cccc(-c4cccc5ccccc45)c3nc2-c2ccc(N(c3ccccc3)c3ccc4[nH]c5ccccc5c4c3)cc2)cc1.CC.c1ccccc1. The van der Waals surface area contributed by atoms with E-state index in [1.54, 1.807) is 6.08 Å². The normalized spacial score (nSPS) is 11.3. The molecule has 0 saturated carbocycles. The van der Waals surface area contributed by atoms with Crippen LogP contribution in [0.25, 0.3) is 106 Å². The molecule has 14 aromatic rings. The number of nitrogens with one attached hydrogen (secondary N) is 1. The largest absolute Gasteiger partial charge is 0.355 e. The quantitative estimate of drug-likeness (QED) is 0.124. The van der Waals surface area contributed by atoms with E-state index in [9.17, 15) is 0 Å². The highest BCUT2D eigenvalue weighted by Crippen LogP contribution is 2.41. The molecule has 0 saturated heterocycles. The average molecular weight is 1130 g/mol. The predicted octanol–water partition coefficient (Wildman–Crippen LogP) is 20.5. The fourth-order valence-electron chi connectivity index (χ4n) is 11.3. The lowest BCUT2D eigenvalue weighted by atomic mass is 9.96. The van der Waals surface area contributed by atoms with Crippen LogP contribution in [0.1, 0.15) is 27.7 Å². The first-order valence-electron chi connectivity index (χ1n) is 29.7. The van der Waals surface area contributed by atoms with Crippen LogP contribution in [0.4, 0.5) is 22.7 Å². The summed E-state index contributed by atoms with van der Waals surface area (Å²) in [6, 6.07) is 95.5. The number of fused-ring (bicyclic) bond motifs is 6. The van der Waals surface area contributed by atoms with Crippen LogP contribution in [0, 0.1) is 0 Å². The second-order valence-electron chi connectivity index (χ2n) is 20.8. The third kappa shape index (κ3) is 12.2. The van der Waals surface area contributed by atoms with Crippen molar-refractivity contribution >= 4 is 89.9 Å². The summed E-state index contributed by atoms with van der Waals surface area (Å²) in [7, 11) is 0. The van der Waals surface area contributed by atoms with Gasteiger partial charge < -0.3 is 19.4 Å². The van der Waals surface area contributed by atoms with E-state index in [1.807, 2.05) is 69.3 Å². The maximum absolute atomic E-state index is 5.65. The van der Waals surface area contributed by atoms with Crippen LogP contribution in [0.15, 0.2) is 310 Å². The Morgan fingerprint density at radius 3 is 1.70 bits per heavy atom. The van der Waals surface area contributed by atoms with Crippen molar-refractivity contribution in [1.82, 2.24) is 19.5 Å². The van der Waals surface area contributed by atoms with Crippen LogP contribution in [0.5, 0.6) is 0 Å². The van der Waals surface area contributed by atoms with Gasteiger partial charge in [-0.15, -0.1) is 13.2 Å². The van der Waals surface area contributed by atoms with Gasteiger partial charge in [0.1, 0.15) is 0 Å². The Balaban J connectivity index is 0.000000656. The Morgan fingerprint density at radius 1 is 0.494 bits per heavy atom. The molecular weight excluding hydrogens is 1060 g/mol. The van der Waals surface area contributed by atoms with Gasteiger partial charge in [0, 0.05) is 89.8 Å². The Hall–Kier alpha value is -11.1. The van der Waals surface area contributed by atoms with Gasteiger partial charge in [-0.25, -0.2) is 9.97 Å². The molecule has 87 heavy (non-hydrogen) atoms. The number of para-hydroxylation sites is 5. The van der Waals surface area contributed by atoms with Crippen LogP contribution >= 0.6 is 0 Å². The minimum absolute atomic E-state index is 0.619. The van der Waals surface area contributed by atoms with E-state index in [0.717, 1.165) is 111 Å². The number of benzene rings is 11. The fourth-order valence-corrected chi connectivity index (χ4v) is 11.3. The number of nitrogens with zero attached hydrogens (tertiary/aromatic N) is 5. The van der Waals surface area contributed by atoms with Crippen LogP contribution in [-0.4, -0.2) is 26.1 Å². The zero-order valence-corrected chi connectivity index (χ0v) is 49.9. The smallest absolute Gasteiger partial charge is 0.0973 e. The second kappa shape index (κ2) is 27.1. The zero-order chi connectivity index (χ0) is 60.1. The van der Waals surface area contributed by atoms with Crippen LogP contribution in [0.3, 0.4) is 0 Å². The van der Waals surface area contributed by atoms with Crippen molar-refractivity contribution in [3.63, 3.8) is 0 Å². The molecule has 6 nitrogen and oxygen atoms in total. The van der Waals surface area contributed by atoms with E-state index in [-0.39, 0.29) is 0 Å². The van der Waals surface area contributed by atoms with Gasteiger partial charge in [0.2, 0.25) is 0 Å². The predicted molar refractivity (Wildman–Crippen MR) is 375 cm³/mol. The van der Waals surface area contributed by atoms with E-state index < -0.39 is 0 Å². The zero-order valence-electron chi connectivity index (χ0n) is 49.9. The third-order valence-corrected chi connectivity index (χ3v) is 15.3. The molecule has 0 spiro atoms. The monoisotopic (exact) mass is 1130 g/mol. The molecule has 0 radical (unpaired) electrons. The van der Waals surface area contributed by atoms with Gasteiger partial charge in [0.25, 0.3) is 0 Å². The number of hydrogen-bond acceptors (Lipinski definition) is 4. The van der Waals surface area contributed by atoms with Crippen LogP contribution < -0.4 is 20.4 Å². The molecule has 0 fully saturated rings. The first-order valence-corrected chi connectivity index (χ1v) is 29.7. The highest BCUT2D eigenvalue weighted by molar-refractivity contribution is 6.09. The molecule has 424 valence electrons. The van der Waals surface area contributed by atoms with Gasteiger partial charge in [0.05, 0.1) is 33.3 Å². The summed E-state index contributed by atoms with van der Waals surface area (Å²) >= 11 is 0. The van der Waals surface area contributed by atoms with E-state index in [2.05, 4.69) is 289 Å². The summed E-state index contributed by atoms with van der Waals surface area (Å²) in [5, 5.41) is 7.90. The topological polar surface area (TPSA) is 53.0 Å². The van der Waals surface area contributed by atoms with Crippen molar-refractivity contribution in [2.24, 2.45) is 0 Å². The first-order chi connectivity index (χ1) is 42.9. The molecule has 0 bridgehead atoms. The molecule has 0 unspecified atom stereocenters. The minimum atomic E-state index is 0.619. The standard InChI is InChI=1S/C70H52N6.C6H6.C3H6.C2H6/c1-4-45-74(47(2)33-44-66-48(3)57-25-14-16-32-67(57)76(66)54-23-9-6-10-24-54)52-38-34-50(35-39-52)68-69(73-70-61(29-18-31-65(70)72-68)59-28-17-20-49-19-11-12-26-58(49)59)51-36-40-55(41-37-51)75(53-21-7-5-8-22-53)56-42-43-64-62(46-56)60-27-13-15-30-63(60)71-64;1-2-4-6-5-3-1;1-3-2;1-2/h4-44,46,71H,1,3,45H2,2H3;1-6H;3H,1H2,2H3;1-2H3/b47-33+,66-44+;;;. The molecule has 3 heterocycles. The maximum atomic E-state index is 5.65. The van der Waals surface area contributed by atoms with E-state index in [4.69, 9.17) is 9.97 Å². The number of allylic oxidation sites excluding steroid dienone is 3. The molecule has 0 aliphatic heterocycles. The molecule has 0 atom stereocenters. The molecule has 1 N–H and O–H groups in total. The van der Waals surface area contributed by atoms with Gasteiger partial charge >= 0.3 is 0 Å². The van der Waals surface area contributed by atoms with E-state index in [0.29, 0.717) is 6.54 Å². The Kier molecular flexibility index (Phi) is 18.0. The molecule has 14 rings (SSSR count). The molecule has 0 aliphatic rings. The lowest BCUT2D eigenvalue weighted by Crippen LogP contribution is -2.27. The number of hydrogen-bond donors (Lipinski definition) is 1. The third-order valence-electron chi connectivity index (χ3n) is 15.3. The van der Waals surface area contributed by atoms with Crippen molar-refractivity contribution < 1.29 is 0 Å².